The molecule has 3 aliphatic rings. The minimum atomic E-state index is -5.09. The monoisotopic (exact) mass is 922 g/mol. The average molecular weight is 923 g/mol. The number of hydrogen-bond acceptors (Lipinski definition) is 10. The summed E-state index contributed by atoms with van der Waals surface area (Å²) in [5.41, 5.74) is 1.05. The van der Waals surface area contributed by atoms with E-state index in [1.54, 1.807) is 47.5 Å². The molecule has 1 unspecified atom stereocenters. The quantitative estimate of drug-likeness (QED) is 0.141. The van der Waals surface area contributed by atoms with E-state index in [2.05, 4.69) is 30.2 Å². The predicted octanol–water partition coefficient (Wildman–Crippen LogP) is 8.09. The Bertz CT molecular complexity index is 2370. The molecule has 0 saturated carbocycles. The number of nitrogens with zero attached hydrogens (tertiary/aromatic N) is 5. The van der Waals surface area contributed by atoms with E-state index < -0.39 is 41.6 Å². The number of halogens is 4. The molecule has 2 aromatic carbocycles. The Morgan fingerprint density at radius 2 is 1.68 bits per heavy atom. The molecule has 3 N–H and O–H groups in total. The zero-order valence-electron chi connectivity index (χ0n) is 37.1. The van der Waals surface area contributed by atoms with Gasteiger partial charge in [-0.25, -0.2) is 14.8 Å². The normalized spacial score (nSPS) is 20.0. The maximum atomic E-state index is 14.1. The number of carbonyl (C=O) groups is 4. The fraction of sp³-hybridized carbons (Fsp3) is 0.478. The number of alkyl carbamates (subject to hydrolysis) is 1. The average Bonchev–Trinajstić information content (AvgIpc) is 3.92. The lowest BCUT2D eigenvalue weighted by Gasteiger charge is -2.42. The van der Waals surface area contributed by atoms with Gasteiger partial charge in [0.25, 0.3) is 5.91 Å². The van der Waals surface area contributed by atoms with Crippen LogP contribution in [0.4, 0.5) is 29.5 Å². The number of hydrogen-bond donors (Lipinski definition) is 3. The summed E-state index contributed by atoms with van der Waals surface area (Å²) in [6.45, 7) is 12.8. The van der Waals surface area contributed by atoms with Crippen molar-refractivity contribution >= 4 is 46.9 Å². The van der Waals surface area contributed by atoms with Crippen molar-refractivity contribution in [2.75, 3.05) is 56.7 Å². The molecule has 0 aliphatic carbocycles. The zero-order chi connectivity index (χ0) is 46.8. The van der Waals surface area contributed by atoms with Gasteiger partial charge in [0.15, 0.2) is 0 Å². The second-order valence-corrected chi connectivity index (χ2v) is 18.3. The second kappa shape index (κ2) is 19.3. The van der Waals surface area contributed by atoms with Gasteiger partial charge in [-0.2, -0.15) is 0 Å². The molecule has 0 radical (unpaired) electrons. The molecular formula is C46H54ClF3N8O7. The highest BCUT2D eigenvalue weighted by molar-refractivity contribution is 6.35. The molecule has 348 valence electrons. The summed E-state index contributed by atoms with van der Waals surface area (Å²) in [7, 11) is 1.25. The lowest BCUT2D eigenvalue weighted by molar-refractivity contribution is -0.274. The third kappa shape index (κ3) is 11.0. The Hall–Kier alpha value is -5.88. The van der Waals surface area contributed by atoms with Crippen LogP contribution in [0.1, 0.15) is 76.1 Å². The van der Waals surface area contributed by atoms with E-state index >= 15 is 0 Å². The molecule has 3 fully saturated rings. The molecule has 4 atom stereocenters. The fourth-order valence-electron chi connectivity index (χ4n) is 8.77. The van der Waals surface area contributed by atoms with Crippen LogP contribution in [0, 0.1) is 17.3 Å². The van der Waals surface area contributed by atoms with Gasteiger partial charge in [-0.15, -0.1) is 13.2 Å². The number of benzene rings is 2. The van der Waals surface area contributed by atoms with Crippen molar-refractivity contribution in [1.82, 2.24) is 30.1 Å². The van der Waals surface area contributed by atoms with Crippen molar-refractivity contribution in [3.8, 4) is 28.1 Å². The van der Waals surface area contributed by atoms with Crippen LogP contribution >= 0.6 is 11.6 Å². The minimum Gasteiger partial charge on any atom is -0.453 e. The molecule has 3 saturated heterocycles. The summed E-state index contributed by atoms with van der Waals surface area (Å²) in [5, 5.41) is 5.31. The third-order valence-electron chi connectivity index (χ3n) is 12.1. The highest BCUT2D eigenvalue weighted by Gasteiger charge is 2.42. The molecule has 2 aromatic heterocycles. The van der Waals surface area contributed by atoms with Crippen LogP contribution in [0.2, 0.25) is 5.02 Å². The van der Waals surface area contributed by atoms with E-state index in [4.69, 9.17) is 26.1 Å². The molecule has 65 heavy (non-hydrogen) atoms. The van der Waals surface area contributed by atoms with E-state index in [-0.39, 0.29) is 45.8 Å². The lowest BCUT2D eigenvalue weighted by atomic mass is 9.90. The topological polar surface area (TPSA) is 171 Å². The van der Waals surface area contributed by atoms with Crippen LogP contribution in [0.3, 0.4) is 0 Å². The maximum absolute atomic E-state index is 14.1. The van der Waals surface area contributed by atoms with E-state index in [1.807, 2.05) is 39.5 Å². The Kier molecular flexibility index (Phi) is 14.0. The first-order valence-corrected chi connectivity index (χ1v) is 22.0. The maximum Gasteiger partial charge on any atom is 0.573 e. The number of nitrogens with one attached hydrogen (secondary N) is 3. The SMILES string of the molecule is COC(=O)NC(C(=O)N1C[C@@H](C)C[C@H]1c1nc(-c2ccc(-c3cc(Cl)c(C(=O)Nc4ccc(N5CCN(C(=O)C(C)(C)C)C[C@H]5C)nc4)cc3OC(F)(F)F)cc2)c[nH]1)C1CCOCC1. The number of H-pyrrole nitrogens is 1. The van der Waals surface area contributed by atoms with Crippen LogP contribution in [0.5, 0.6) is 5.75 Å². The van der Waals surface area contributed by atoms with Gasteiger partial charge in [0.2, 0.25) is 11.8 Å². The highest BCUT2D eigenvalue weighted by Crippen LogP contribution is 2.40. The number of aromatic amines is 1. The van der Waals surface area contributed by atoms with Crippen LogP contribution in [0.25, 0.3) is 22.4 Å². The summed E-state index contributed by atoms with van der Waals surface area (Å²) in [5.74, 6) is -0.320. The number of imidazole rings is 1. The summed E-state index contributed by atoms with van der Waals surface area (Å²) in [6, 6.07) is 10.9. The Morgan fingerprint density at radius 1 is 0.969 bits per heavy atom. The standard InChI is InChI=1S/C46H54ClF3N8O7/c1-26-19-36(58(24-26)42(60)39(55-44(62)63-6)30-13-17-64-18-14-30)40-52-23-35(54-40)29-9-7-28(8-10-29)32-20-34(47)33(21-37(32)65-46(48,49)50)41(59)53-31-11-12-38(51-22-31)57-16-15-56(25-27(57)2)43(61)45(3,4)5/h7-12,20-23,26-27,30,36,39H,13-19,24-25H2,1-6H3,(H,52,54)(H,53,59)(H,55,62)/t26-,27+,36-,39?/m0/s1. The number of piperazine rings is 1. The van der Waals surface area contributed by atoms with Crippen molar-refractivity contribution in [1.29, 1.82) is 0 Å². The third-order valence-corrected chi connectivity index (χ3v) is 12.4. The number of pyridine rings is 1. The number of carbonyl (C=O) groups excluding carboxylic acids is 4. The predicted molar refractivity (Wildman–Crippen MR) is 237 cm³/mol. The van der Waals surface area contributed by atoms with Crippen molar-refractivity contribution in [2.24, 2.45) is 17.3 Å². The molecule has 0 spiro atoms. The molecule has 4 amide bonds. The Morgan fingerprint density at radius 3 is 2.31 bits per heavy atom. The summed E-state index contributed by atoms with van der Waals surface area (Å²) < 4.78 is 56.3. The summed E-state index contributed by atoms with van der Waals surface area (Å²) in [4.78, 5) is 71.0. The second-order valence-electron chi connectivity index (χ2n) is 17.9. The Balaban J connectivity index is 1.05. The van der Waals surface area contributed by atoms with Gasteiger partial charge in [0, 0.05) is 68.2 Å². The molecule has 0 bridgehead atoms. The van der Waals surface area contributed by atoms with Gasteiger partial charge in [-0.05, 0) is 67.9 Å². The molecule has 4 aromatic rings. The van der Waals surface area contributed by atoms with Gasteiger partial charge in [-0.1, -0.05) is 63.6 Å². The molecule has 19 heteroatoms. The number of ether oxygens (including phenoxy) is 3. The van der Waals surface area contributed by atoms with Crippen LogP contribution in [-0.4, -0.2) is 114 Å². The number of methoxy groups -OCH3 is 1. The number of likely N-dealkylation sites (tertiary alicyclic amines) is 1. The first kappa shape index (κ1) is 47.1. The van der Waals surface area contributed by atoms with Gasteiger partial charge < -0.3 is 44.5 Å². The van der Waals surface area contributed by atoms with Gasteiger partial charge in [-0.3, -0.25) is 14.4 Å². The van der Waals surface area contributed by atoms with Crippen molar-refractivity contribution in [3.63, 3.8) is 0 Å². The number of alkyl halides is 3. The summed E-state index contributed by atoms with van der Waals surface area (Å²) >= 11 is 6.60. The zero-order valence-corrected chi connectivity index (χ0v) is 37.9. The van der Waals surface area contributed by atoms with Crippen LogP contribution in [0.15, 0.2) is 60.9 Å². The summed E-state index contributed by atoms with van der Waals surface area (Å²) in [6.07, 6.45) is -0.767. The minimum absolute atomic E-state index is 0.00341. The Labute approximate surface area is 380 Å². The lowest BCUT2D eigenvalue weighted by Crippen LogP contribution is -2.56. The number of amides is 4. The number of rotatable bonds is 10. The van der Waals surface area contributed by atoms with Crippen molar-refractivity contribution in [3.05, 3.63) is 77.3 Å². The van der Waals surface area contributed by atoms with Crippen molar-refractivity contribution in [2.45, 2.75) is 78.4 Å². The highest BCUT2D eigenvalue weighted by atomic mass is 35.5. The molecule has 5 heterocycles. The fourth-order valence-corrected chi connectivity index (χ4v) is 9.02. The number of anilines is 2. The first-order valence-electron chi connectivity index (χ1n) is 21.6. The molecule has 3 aliphatic heterocycles. The van der Waals surface area contributed by atoms with Crippen LogP contribution in [-0.2, 0) is 19.1 Å². The van der Waals surface area contributed by atoms with E-state index in [9.17, 15) is 32.3 Å². The molecule has 15 nitrogen and oxygen atoms in total. The first-order chi connectivity index (χ1) is 30.8. The smallest absolute Gasteiger partial charge is 0.453 e. The number of aromatic nitrogens is 3. The van der Waals surface area contributed by atoms with Gasteiger partial charge >= 0.3 is 12.5 Å². The largest absolute Gasteiger partial charge is 0.573 e. The molecule has 7 rings (SSSR count). The van der Waals surface area contributed by atoms with Crippen molar-refractivity contribution < 1.29 is 46.6 Å². The molecular weight excluding hydrogens is 869 g/mol. The van der Waals surface area contributed by atoms with E-state index in [0.29, 0.717) is 92.8 Å². The van der Waals surface area contributed by atoms with Crippen LogP contribution < -0.4 is 20.3 Å². The van der Waals surface area contributed by atoms with E-state index in [0.717, 1.165) is 6.07 Å². The van der Waals surface area contributed by atoms with E-state index in [1.165, 1.54) is 19.4 Å². The van der Waals surface area contributed by atoms with Gasteiger partial charge in [0.05, 0.1) is 41.3 Å². The van der Waals surface area contributed by atoms with Gasteiger partial charge in [0.1, 0.15) is 23.4 Å².